The molecule has 0 radical (unpaired) electrons. The van der Waals surface area contributed by atoms with E-state index in [0.29, 0.717) is 26.1 Å². The molecule has 1 saturated heterocycles. The van der Waals surface area contributed by atoms with E-state index in [1.807, 2.05) is 41.3 Å². The monoisotopic (exact) mass is 298 g/mol. The van der Waals surface area contributed by atoms with E-state index in [1.54, 1.807) is 6.20 Å². The molecular formula is C16H18N4O2. The van der Waals surface area contributed by atoms with Crippen LogP contribution in [-0.4, -0.2) is 41.7 Å². The van der Waals surface area contributed by atoms with Crippen LogP contribution in [0.1, 0.15) is 11.4 Å². The maximum atomic E-state index is 11.3. The van der Waals surface area contributed by atoms with Crippen molar-refractivity contribution in [3.63, 3.8) is 0 Å². The maximum Gasteiger partial charge on any atom is 0.248 e. The molecule has 1 unspecified atom stereocenters. The molecule has 1 aliphatic rings. The molecule has 1 atom stereocenters. The average molecular weight is 298 g/mol. The summed E-state index contributed by atoms with van der Waals surface area (Å²) in [7, 11) is 0. The molecule has 1 aliphatic heterocycles. The smallest absolute Gasteiger partial charge is 0.248 e. The number of hydrogen-bond donors (Lipinski definition) is 1. The van der Waals surface area contributed by atoms with Crippen LogP contribution in [0.15, 0.2) is 42.6 Å². The molecule has 114 valence electrons. The van der Waals surface area contributed by atoms with Gasteiger partial charge in [-0.15, -0.1) is 0 Å². The second kappa shape index (κ2) is 6.53. The van der Waals surface area contributed by atoms with E-state index in [1.165, 1.54) is 0 Å². The normalized spacial score (nSPS) is 18.2. The van der Waals surface area contributed by atoms with E-state index in [4.69, 9.17) is 10.5 Å². The molecular weight excluding hydrogens is 280 g/mol. The number of carbonyl (C=O) groups excluding carboxylic acids is 1. The van der Waals surface area contributed by atoms with Gasteiger partial charge in [0.2, 0.25) is 5.91 Å². The van der Waals surface area contributed by atoms with Gasteiger partial charge in [-0.25, -0.2) is 9.97 Å². The fourth-order valence-electron chi connectivity index (χ4n) is 2.46. The molecule has 0 saturated carbocycles. The number of nitrogens with zero attached hydrogens (tertiary/aromatic N) is 3. The third kappa shape index (κ3) is 3.40. The molecule has 2 heterocycles. The van der Waals surface area contributed by atoms with Crippen molar-refractivity contribution in [2.75, 3.05) is 24.6 Å². The van der Waals surface area contributed by atoms with Crippen LogP contribution in [0.25, 0.3) is 0 Å². The molecule has 1 amide bonds. The quantitative estimate of drug-likeness (QED) is 0.901. The number of anilines is 1. The van der Waals surface area contributed by atoms with Gasteiger partial charge in [-0.2, -0.15) is 0 Å². The van der Waals surface area contributed by atoms with Crippen molar-refractivity contribution < 1.29 is 9.53 Å². The van der Waals surface area contributed by atoms with Crippen molar-refractivity contribution in [3.8, 4) is 0 Å². The van der Waals surface area contributed by atoms with Gasteiger partial charge in [0.1, 0.15) is 11.6 Å². The first kappa shape index (κ1) is 14.5. The molecule has 2 aromatic rings. The van der Waals surface area contributed by atoms with Gasteiger partial charge in [0, 0.05) is 19.2 Å². The predicted octanol–water partition coefficient (Wildman–Crippen LogP) is 0.758. The van der Waals surface area contributed by atoms with E-state index >= 15 is 0 Å². The number of nitrogens with two attached hydrogens (primary N) is 1. The maximum absolute atomic E-state index is 11.3. The standard InChI is InChI=1S/C16H18N4O2/c17-16(21)13-11-20(8-9-22-13)15-6-7-18-14(19-15)10-12-4-2-1-3-5-12/h1-7,13H,8-11H2,(H2,17,21). The minimum Gasteiger partial charge on any atom is -0.367 e. The Labute approximate surface area is 128 Å². The molecule has 22 heavy (non-hydrogen) atoms. The molecule has 1 aromatic carbocycles. The van der Waals surface area contributed by atoms with Crippen LogP contribution >= 0.6 is 0 Å². The molecule has 6 nitrogen and oxygen atoms in total. The lowest BCUT2D eigenvalue weighted by Crippen LogP contribution is -2.48. The van der Waals surface area contributed by atoms with Gasteiger partial charge in [-0.1, -0.05) is 30.3 Å². The van der Waals surface area contributed by atoms with Crippen molar-refractivity contribution in [2.45, 2.75) is 12.5 Å². The zero-order valence-corrected chi connectivity index (χ0v) is 12.2. The molecule has 0 spiro atoms. The highest BCUT2D eigenvalue weighted by Gasteiger charge is 2.25. The number of carbonyl (C=O) groups is 1. The number of aromatic nitrogens is 2. The number of morpholine rings is 1. The summed E-state index contributed by atoms with van der Waals surface area (Å²) in [5.41, 5.74) is 6.48. The zero-order valence-electron chi connectivity index (χ0n) is 12.2. The SMILES string of the molecule is NC(=O)C1CN(c2ccnc(Cc3ccccc3)n2)CCO1. The van der Waals surface area contributed by atoms with Gasteiger partial charge in [0.15, 0.2) is 6.10 Å². The summed E-state index contributed by atoms with van der Waals surface area (Å²) < 4.78 is 5.36. The second-order valence-electron chi connectivity index (χ2n) is 5.20. The van der Waals surface area contributed by atoms with Gasteiger partial charge in [0.25, 0.3) is 0 Å². The summed E-state index contributed by atoms with van der Waals surface area (Å²) in [5.74, 6) is 1.12. The molecule has 2 N–H and O–H groups in total. The fraction of sp³-hybridized carbons (Fsp3) is 0.312. The Hall–Kier alpha value is -2.47. The first-order chi connectivity index (χ1) is 10.7. The third-order valence-corrected chi connectivity index (χ3v) is 3.60. The Kier molecular flexibility index (Phi) is 4.29. The van der Waals surface area contributed by atoms with Crippen LogP contribution < -0.4 is 10.6 Å². The number of primary amides is 1. The van der Waals surface area contributed by atoms with Crippen molar-refractivity contribution in [2.24, 2.45) is 5.73 Å². The Morgan fingerprint density at radius 1 is 1.32 bits per heavy atom. The summed E-state index contributed by atoms with van der Waals surface area (Å²) in [4.78, 5) is 22.2. The summed E-state index contributed by atoms with van der Waals surface area (Å²) in [5, 5.41) is 0. The van der Waals surface area contributed by atoms with Crippen LogP contribution in [0, 0.1) is 0 Å². The Balaban J connectivity index is 1.75. The number of benzene rings is 1. The number of hydrogen-bond acceptors (Lipinski definition) is 5. The molecule has 3 rings (SSSR count). The number of rotatable bonds is 4. The van der Waals surface area contributed by atoms with Crippen molar-refractivity contribution in [3.05, 3.63) is 54.0 Å². The van der Waals surface area contributed by atoms with E-state index < -0.39 is 12.0 Å². The Bertz CT molecular complexity index is 648. The first-order valence-electron chi connectivity index (χ1n) is 7.24. The highest BCUT2D eigenvalue weighted by Crippen LogP contribution is 2.16. The number of ether oxygens (including phenoxy) is 1. The highest BCUT2D eigenvalue weighted by molar-refractivity contribution is 5.79. The summed E-state index contributed by atoms with van der Waals surface area (Å²) in [6.45, 7) is 1.58. The summed E-state index contributed by atoms with van der Waals surface area (Å²) in [6.07, 6.45) is 1.84. The molecule has 1 aromatic heterocycles. The van der Waals surface area contributed by atoms with Crippen LogP contribution in [0.3, 0.4) is 0 Å². The third-order valence-electron chi connectivity index (χ3n) is 3.60. The minimum absolute atomic E-state index is 0.428. The van der Waals surface area contributed by atoms with Crippen molar-refractivity contribution in [1.82, 2.24) is 9.97 Å². The van der Waals surface area contributed by atoms with Gasteiger partial charge in [-0.05, 0) is 11.6 Å². The van der Waals surface area contributed by atoms with E-state index in [9.17, 15) is 4.79 Å². The van der Waals surface area contributed by atoms with Crippen molar-refractivity contribution in [1.29, 1.82) is 0 Å². The van der Waals surface area contributed by atoms with Crippen molar-refractivity contribution >= 4 is 11.7 Å². The summed E-state index contributed by atoms with van der Waals surface area (Å²) in [6, 6.07) is 11.9. The molecule has 6 heteroatoms. The molecule has 0 aliphatic carbocycles. The van der Waals surface area contributed by atoms with Crippen LogP contribution in [0.5, 0.6) is 0 Å². The lowest BCUT2D eigenvalue weighted by molar-refractivity contribution is -0.130. The average Bonchev–Trinajstić information content (AvgIpc) is 2.56. The lowest BCUT2D eigenvalue weighted by Gasteiger charge is -2.32. The van der Waals surface area contributed by atoms with Gasteiger partial charge >= 0.3 is 0 Å². The fourth-order valence-corrected chi connectivity index (χ4v) is 2.46. The van der Waals surface area contributed by atoms with E-state index in [-0.39, 0.29) is 0 Å². The molecule has 1 fully saturated rings. The van der Waals surface area contributed by atoms with Crippen LogP contribution in [0.2, 0.25) is 0 Å². The van der Waals surface area contributed by atoms with E-state index in [0.717, 1.165) is 17.2 Å². The zero-order chi connectivity index (χ0) is 15.4. The largest absolute Gasteiger partial charge is 0.367 e. The lowest BCUT2D eigenvalue weighted by atomic mass is 10.1. The topological polar surface area (TPSA) is 81.3 Å². The molecule has 0 bridgehead atoms. The van der Waals surface area contributed by atoms with Gasteiger partial charge in [-0.3, -0.25) is 4.79 Å². The second-order valence-corrected chi connectivity index (χ2v) is 5.20. The minimum atomic E-state index is -0.582. The Morgan fingerprint density at radius 2 is 2.14 bits per heavy atom. The van der Waals surface area contributed by atoms with E-state index in [2.05, 4.69) is 9.97 Å². The first-order valence-corrected chi connectivity index (χ1v) is 7.24. The highest BCUT2D eigenvalue weighted by atomic mass is 16.5. The van der Waals surface area contributed by atoms with Crippen LogP contribution in [0.4, 0.5) is 5.82 Å². The van der Waals surface area contributed by atoms with Gasteiger partial charge in [0.05, 0.1) is 13.2 Å². The van der Waals surface area contributed by atoms with Crippen LogP contribution in [-0.2, 0) is 16.0 Å². The summed E-state index contributed by atoms with van der Waals surface area (Å²) >= 11 is 0. The predicted molar refractivity (Wildman–Crippen MR) is 82.4 cm³/mol. The number of amides is 1. The van der Waals surface area contributed by atoms with Gasteiger partial charge < -0.3 is 15.4 Å². The Morgan fingerprint density at radius 3 is 2.91 bits per heavy atom.